The van der Waals surface area contributed by atoms with E-state index >= 15 is 0 Å². The van der Waals surface area contributed by atoms with Crippen LogP contribution in [-0.2, 0) is 11.2 Å². The number of nitrogens with two attached hydrogens (primary N) is 1. The summed E-state index contributed by atoms with van der Waals surface area (Å²) in [5.74, 6) is 0.849. The van der Waals surface area contributed by atoms with Crippen LogP contribution in [-0.4, -0.2) is 39.9 Å². The lowest BCUT2D eigenvalue weighted by Crippen LogP contribution is -2.33. The van der Waals surface area contributed by atoms with Gasteiger partial charge in [-0.25, -0.2) is 0 Å². The topological polar surface area (TPSA) is 50.5 Å². The van der Waals surface area contributed by atoms with Gasteiger partial charge in [0.1, 0.15) is 0 Å². The van der Waals surface area contributed by atoms with Crippen LogP contribution in [0.1, 0.15) is 31.7 Å². The predicted molar refractivity (Wildman–Crippen MR) is 94.5 cm³/mol. The second kappa shape index (κ2) is 9.01. The molecular weight excluding hydrogens is 274 g/mol. The summed E-state index contributed by atoms with van der Waals surface area (Å²) in [4.78, 5) is 2.44. The second-order valence-corrected chi connectivity index (χ2v) is 6.41. The molecule has 4 heteroatoms. The quantitative estimate of drug-likeness (QED) is 0.573. The van der Waals surface area contributed by atoms with Gasteiger partial charge in [0.25, 0.3) is 0 Å². The maximum atomic E-state index is 6.28. The summed E-state index contributed by atoms with van der Waals surface area (Å²) in [5.41, 5.74) is 9.76. The third-order valence-corrected chi connectivity index (χ3v) is 4.52. The lowest BCUT2D eigenvalue weighted by molar-refractivity contribution is 0.199. The minimum atomic E-state index is 0.774. The Labute approximate surface area is 135 Å². The molecule has 1 aliphatic rings. The molecule has 0 bridgehead atoms. The van der Waals surface area contributed by atoms with Gasteiger partial charge in [0.05, 0.1) is 18.0 Å². The Kier molecular flexibility index (Phi) is 7.00. The number of benzene rings is 1. The number of rotatable bonds is 8. The van der Waals surface area contributed by atoms with Crippen molar-refractivity contribution < 1.29 is 4.74 Å². The van der Waals surface area contributed by atoms with Crippen LogP contribution in [0.15, 0.2) is 18.2 Å². The van der Waals surface area contributed by atoms with E-state index in [1.807, 2.05) is 0 Å². The zero-order chi connectivity index (χ0) is 15.8. The monoisotopic (exact) mass is 305 g/mol. The molecule has 0 spiro atoms. The Morgan fingerprint density at radius 2 is 2.05 bits per heavy atom. The highest BCUT2D eigenvalue weighted by molar-refractivity contribution is 5.68. The van der Waals surface area contributed by atoms with Gasteiger partial charge in [-0.3, -0.25) is 0 Å². The fraction of sp³-hybridized carbons (Fsp3) is 0.667. The number of nitrogen functional groups attached to an aromatic ring is 1. The van der Waals surface area contributed by atoms with Crippen molar-refractivity contribution >= 4 is 11.4 Å². The molecule has 0 saturated carbocycles. The first-order valence-corrected chi connectivity index (χ1v) is 8.53. The van der Waals surface area contributed by atoms with Gasteiger partial charge in [0, 0.05) is 26.7 Å². The van der Waals surface area contributed by atoms with Crippen LogP contribution in [0.2, 0.25) is 0 Å². The molecule has 1 saturated heterocycles. The van der Waals surface area contributed by atoms with E-state index in [1.54, 1.807) is 7.11 Å². The van der Waals surface area contributed by atoms with Gasteiger partial charge in [0.15, 0.2) is 0 Å². The van der Waals surface area contributed by atoms with Crippen molar-refractivity contribution in [3.8, 4) is 0 Å². The first-order valence-electron chi connectivity index (χ1n) is 8.53. The molecule has 1 fully saturated rings. The average Bonchev–Trinajstić information content (AvgIpc) is 2.52. The molecule has 0 unspecified atom stereocenters. The van der Waals surface area contributed by atoms with Crippen molar-refractivity contribution in [2.24, 2.45) is 5.92 Å². The molecule has 1 aromatic rings. The number of hydrogen-bond donors (Lipinski definition) is 2. The van der Waals surface area contributed by atoms with Crippen molar-refractivity contribution in [2.45, 2.75) is 32.6 Å². The van der Waals surface area contributed by atoms with Gasteiger partial charge in [-0.2, -0.15) is 0 Å². The second-order valence-electron chi connectivity index (χ2n) is 6.41. The molecule has 0 radical (unpaired) electrons. The number of anilines is 2. The van der Waals surface area contributed by atoms with E-state index < -0.39 is 0 Å². The van der Waals surface area contributed by atoms with E-state index in [4.69, 9.17) is 10.5 Å². The van der Waals surface area contributed by atoms with E-state index in [0.717, 1.165) is 57.2 Å². The largest absolute Gasteiger partial charge is 0.397 e. The fourth-order valence-corrected chi connectivity index (χ4v) is 3.01. The molecule has 0 aliphatic carbocycles. The van der Waals surface area contributed by atoms with Crippen LogP contribution in [0.3, 0.4) is 0 Å². The molecule has 0 amide bonds. The van der Waals surface area contributed by atoms with Crippen molar-refractivity contribution in [3.05, 3.63) is 23.8 Å². The lowest BCUT2D eigenvalue weighted by atomic mass is 9.98. The standard InChI is InChI=1S/C18H31N3O/c1-15-7-11-21(12-8-15)18-6-5-16(14-17(18)19)4-3-9-20-10-13-22-2/h5-6,14-15,20H,3-4,7-13,19H2,1-2H3. The Balaban J connectivity index is 1.79. The summed E-state index contributed by atoms with van der Waals surface area (Å²) >= 11 is 0. The Bertz CT molecular complexity index is 442. The minimum Gasteiger partial charge on any atom is -0.397 e. The number of aryl methyl sites for hydroxylation is 1. The molecule has 1 aromatic carbocycles. The van der Waals surface area contributed by atoms with E-state index in [9.17, 15) is 0 Å². The molecule has 1 aliphatic heterocycles. The SMILES string of the molecule is COCCNCCCc1ccc(N2CCC(C)CC2)c(N)c1. The molecule has 2 rings (SSSR count). The summed E-state index contributed by atoms with van der Waals surface area (Å²) < 4.78 is 5.02. The van der Waals surface area contributed by atoms with Crippen LogP contribution >= 0.6 is 0 Å². The van der Waals surface area contributed by atoms with Crippen LogP contribution < -0.4 is 16.0 Å². The number of nitrogens with zero attached hydrogens (tertiary/aromatic N) is 1. The number of piperidine rings is 1. The summed E-state index contributed by atoms with van der Waals surface area (Å²) in [6.07, 6.45) is 4.74. The number of ether oxygens (including phenoxy) is 1. The van der Waals surface area contributed by atoms with Crippen LogP contribution in [0.25, 0.3) is 0 Å². The first kappa shape index (κ1) is 17.1. The van der Waals surface area contributed by atoms with Gasteiger partial charge >= 0.3 is 0 Å². The zero-order valence-electron chi connectivity index (χ0n) is 14.1. The van der Waals surface area contributed by atoms with Gasteiger partial charge < -0.3 is 20.7 Å². The van der Waals surface area contributed by atoms with Crippen molar-refractivity contribution in [3.63, 3.8) is 0 Å². The van der Waals surface area contributed by atoms with Crippen molar-refractivity contribution in [1.29, 1.82) is 0 Å². The zero-order valence-corrected chi connectivity index (χ0v) is 14.1. The van der Waals surface area contributed by atoms with Crippen LogP contribution in [0.4, 0.5) is 11.4 Å². The Morgan fingerprint density at radius 3 is 2.73 bits per heavy atom. The number of nitrogens with one attached hydrogen (secondary N) is 1. The number of methoxy groups -OCH3 is 1. The third kappa shape index (κ3) is 5.18. The molecule has 3 N–H and O–H groups in total. The smallest absolute Gasteiger partial charge is 0.0600 e. The third-order valence-electron chi connectivity index (χ3n) is 4.52. The van der Waals surface area contributed by atoms with Crippen LogP contribution in [0, 0.1) is 5.92 Å². The molecule has 0 atom stereocenters. The summed E-state index contributed by atoms with van der Waals surface area (Å²) in [7, 11) is 1.73. The Hall–Kier alpha value is -1.26. The normalized spacial score (nSPS) is 16.2. The summed E-state index contributed by atoms with van der Waals surface area (Å²) in [6.45, 7) is 7.32. The van der Waals surface area contributed by atoms with E-state index in [-0.39, 0.29) is 0 Å². The van der Waals surface area contributed by atoms with Gasteiger partial charge in [-0.1, -0.05) is 13.0 Å². The first-order chi connectivity index (χ1) is 10.7. The maximum absolute atomic E-state index is 6.28. The summed E-state index contributed by atoms with van der Waals surface area (Å²) in [6, 6.07) is 6.60. The maximum Gasteiger partial charge on any atom is 0.0600 e. The molecular formula is C18H31N3O. The summed E-state index contributed by atoms with van der Waals surface area (Å²) in [5, 5.41) is 3.37. The fourth-order valence-electron chi connectivity index (χ4n) is 3.01. The highest BCUT2D eigenvalue weighted by Gasteiger charge is 2.17. The molecule has 124 valence electrons. The minimum absolute atomic E-state index is 0.774. The van der Waals surface area contributed by atoms with E-state index in [1.165, 1.54) is 24.1 Å². The van der Waals surface area contributed by atoms with Gasteiger partial charge in [-0.15, -0.1) is 0 Å². The highest BCUT2D eigenvalue weighted by atomic mass is 16.5. The van der Waals surface area contributed by atoms with Gasteiger partial charge in [0.2, 0.25) is 0 Å². The average molecular weight is 305 g/mol. The Morgan fingerprint density at radius 1 is 1.27 bits per heavy atom. The highest BCUT2D eigenvalue weighted by Crippen LogP contribution is 2.29. The van der Waals surface area contributed by atoms with Crippen LogP contribution in [0.5, 0.6) is 0 Å². The van der Waals surface area contributed by atoms with Gasteiger partial charge in [-0.05, 0) is 55.8 Å². The lowest BCUT2D eigenvalue weighted by Gasteiger charge is -2.33. The molecule has 0 aromatic heterocycles. The molecule has 22 heavy (non-hydrogen) atoms. The predicted octanol–water partition coefficient (Wildman–Crippen LogP) is 2.67. The van der Waals surface area contributed by atoms with Crippen molar-refractivity contribution in [1.82, 2.24) is 5.32 Å². The molecule has 4 nitrogen and oxygen atoms in total. The van der Waals surface area contributed by atoms with Crippen molar-refractivity contribution in [2.75, 3.05) is 50.5 Å². The van der Waals surface area contributed by atoms with E-state index in [2.05, 4.69) is 35.3 Å². The number of hydrogen-bond acceptors (Lipinski definition) is 4. The molecule has 1 heterocycles. The van der Waals surface area contributed by atoms with E-state index in [0.29, 0.717) is 0 Å².